The zero-order valence-corrected chi connectivity index (χ0v) is 55.6. The first-order chi connectivity index (χ1) is 47.1. The Balaban J connectivity index is 0.000000126. The van der Waals surface area contributed by atoms with Crippen LogP contribution in [0.2, 0.25) is 5.02 Å². The summed E-state index contributed by atoms with van der Waals surface area (Å²) in [5.41, 5.74) is 5.57. The fourth-order valence-corrected chi connectivity index (χ4v) is 14.6. The molecule has 508 valence electrons. The van der Waals surface area contributed by atoms with Gasteiger partial charge in [-0.05, 0) is 154 Å². The van der Waals surface area contributed by atoms with Gasteiger partial charge in [-0.3, -0.25) is 19.2 Å². The zero-order valence-electron chi connectivity index (χ0n) is 54.9. The van der Waals surface area contributed by atoms with Gasteiger partial charge in [0.25, 0.3) is 23.3 Å². The van der Waals surface area contributed by atoms with Crippen molar-refractivity contribution in [3.63, 3.8) is 0 Å². The summed E-state index contributed by atoms with van der Waals surface area (Å²) in [6, 6.07) is 42.8. The summed E-state index contributed by atoms with van der Waals surface area (Å²) in [5.74, 6) is 1.81. The maximum Gasteiger partial charge on any atom is 0.419 e. The van der Waals surface area contributed by atoms with Crippen LogP contribution in [0.4, 0.5) is 17.6 Å². The van der Waals surface area contributed by atoms with E-state index in [1.165, 1.54) is 24.3 Å². The number of aryl methyl sites for hydroxylation is 1. The number of benzene rings is 5. The lowest BCUT2D eigenvalue weighted by Gasteiger charge is -2.45. The third-order valence-electron chi connectivity index (χ3n) is 19.6. The molecule has 0 unspecified atom stereocenters. The quantitative estimate of drug-likeness (QED) is 0.145. The number of fused-ring (bicyclic) bond motifs is 12. The first-order valence-electron chi connectivity index (χ1n) is 33.2. The summed E-state index contributed by atoms with van der Waals surface area (Å²) in [7, 11) is 0. The van der Waals surface area contributed by atoms with Crippen molar-refractivity contribution in [1.82, 2.24) is 33.4 Å². The number of piperidine rings is 3. The van der Waals surface area contributed by atoms with E-state index in [-0.39, 0.29) is 65.3 Å². The number of alkyl halides is 3. The van der Waals surface area contributed by atoms with E-state index in [4.69, 9.17) is 40.0 Å². The number of nitrogens with zero attached hydrogens (tertiary/aromatic N) is 6. The maximum absolute atomic E-state index is 13.9. The van der Waals surface area contributed by atoms with Gasteiger partial charge in [0.05, 0.1) is 59.0 Å². The number of likely N-dealkylation sites (tertiary alicyclic amines) is 3. The number of aromatic amines is 1. The van der Waals surface area contributed by atoms with Gasteiger partial charge in [0.15, 0.2) is 16.8 Å². The molecule has 4 fully saturated rings. The van der Waals surface area contributed by atoms with Crippen LogP contribution < -0.4 is 29.2 Å². The maximum atomic E-state index is 13.9. The average molecular weight is 1360 g/mol. The largest absolute Gasteiger partial charge is 0.491 e. The third-order valence-corrected chi connectivity index (χ3v) is 19.9. The lowest BCUT2D eigenvalue weighted by atomic mass is 9.86. The molecule has 4 aromatic heterocycles. The van der Waals surface area contributed by atoms with Gasteiger partial charge >= 0.3 is 6.18 Å². The molecule has 9 aromatic rings. The Labute approximate surface area is 568 Å². The molecule has 5 aromatic carbocycles. The van der Waals surface area contributed by atoms with Gasteiger partial charge in [0.1, 0.15) is 46.2 Å². The van der Waals surface area contributed by atoms with E-state index in [0.717, 1.165) is 68.7 Å². The highest BCUT2D eigenvalue weighted by molar-refractivity contribution is 6.30. The van der Waals surface area contributed by atoms with Crippen molar-refractivity contribution in [1.29, 1.82) is 0 Å². The summed E-state index contributed by atoms with van der Waals surface area (Å²) >= 11 is 6.21. The Morgan fingerprint density at radius 1 is 0.561 bits per heavy atom. The number of hydrogen-bond acceptors (Lipinski definition) is 10. The number of rotatable bonds is 8. The van der Waals surface area contributed by atoms with Crippen molar-refractivity contribution in [3.05, 3.63) is 236 Å². The van der Waals surface area contributed by atoms with Crippen LogP contribution in [0.25, 0.3) is 17.1 Å². The van der Waals surface area contributed by atoms with Crippen LogP contribution in [0.5, 0.6) is 28.7 Å². The fraction of sp³-hybridized carbons (Fsp3) is 0.342. The monoisotopic (exact) mass is 1360 g/mol. The Morgan fingerprint density at radius 3 is 1.55 bits per heavy atom. The number of hydrogen-bond donors (Lipinski definition) is 1. The number of nitrogens with one attached hydrogen (secondary N) is 1. The van der Waals surface area contributed by atoms with E-state index in [9.17, 15) is 36.7 Å². The minimum absolute atomic E-state index is 0.0104. The Morgan fingerprint density at radius 2 is 1.05 bits per heavy atom. The predicted molar refractivity (Wildman–Crippen MR) is 359 cm³/mol. The minimum Gasteiger partial charge on any atom is -0.491 e. The SMILES string of the molecule is CC(C)c1ccc(C(=O)N2CCC3(CC2)Oc2cc(Cl)ccc2-n2cccc23)c(=O)[nH]1.Cc1cc(C(=O)N2CCC3(CC2)Oc2cc(F)ccc2-n2cccc23)ccc1OC(C)C.O=C(c1ccc(OC2COC2)c(C(F)(F)F)c1)N1CCC2(CC1)Oc1ccccc1-n1cccc12. The number of carbonyl (C=O) groups excluding carboxylic acids is 3. The van der Waals surface area contributed by atoms with Crippen molar-refractivity contribution in [2.45, 2.75) is 114 Å². The predicted octanol–water partition coefficient (Wildman–Crippen LogP) is 14.5. The van der Waals surface area contributed by atoms with Crippen molar-refractivity contribution in [2.24, 2.45) is 0 Å². The van der Waals surface area contributed by atoms with Gasteiger partial charge in [-0.1, -0.05) is 37.6 Å². The van der Waals surface area contributed by atoms with E-state index in [0.29, 0.717) is 94.1 Å². The molecule has 0 saturated carbocycles. The second-order valence-corrected chi connectivity index (χ2v) is 27.0. The van der Waals surface area contributed by atoms with Gasteiger partial charge in [-0.25, -0.2) is 4.39 Å². The molecule has 7 aliphatic rings. The van der Waals surface area contributed by atoms with Crippen molar-refractivity contribution >= 4 is 29.3 Å². The molecule has 0 aliphatic carbocycles. The Bertz CT molecular complexity index is 4580. The summed E-state index contributed by atoms with van der Waals surface area (Å²) in [6.45, 7) is 13.3. The van der Waals surface area contributed by atoms with Crippen LogP contribution in [-0.4, -0.2) is 116 Å². The summed E-state index contributed by atoms with van der Waals surface area (Å²) < 4.78 is 97.0. The highest BCUT2D eigenvalue weighted by Crippen LogP contribution is 2.49. The molecule has 0 radical (unpaired) electrons. The highest BCUT2D eigenvalue weighted by atomic mass is 35.5. The van der Waals surface area contributed by atoms with E-state index in [1.807, 2.05) is 149 Å². The first kappa shape index (κ1) is 65.6. The van der Waals surface area contributed by atoms with Crippen LogP contribution in [0.3, 0.4) is 0 Å². The van der Waals surface area contributed by atoms with E-state index >= 15 is 0 Å². The molecule has 22 heteroatoms. The molecule has 7 aliphatic heterocycles. The molecule has 3 spiro atoms. The molecular formula is C76H74ClF4N7O10. The summed E-state index contributed by atoms with van der Waals surface area (Å²) in [6.07, 6.45) is 4.67. The normalized spacial score (nSPS) is 17.4. The molecule has 4 saturated heterocycles. The van der Waals surface area contributed by atoms with Gasteiger partial charge in [-0.2, -0.15) is 13.2 Å². The number of aromatic nitrogens is 4. The molecule has 98 heavy (non-hydrogen) atoms. The molecule has 0 bridgehead atoms. The standard InChI is InChI=1S/C26H23F3N2O4.C26H27FN2O3.C24H24ClN3O3/c27-26(28,29)19-14-17(7-8-21(19)34-18-15-33-16-18)24(32)30-12-9-25(10-13-30)23-6-3-11-31(23)20-4-1-2-5-22(20)35-25;1-17(2)31-22-9-6-19(15-18(22)3)25(30)28-13-10-26(11-14-28)24-5-4-12-29(24)21-8-7-20(27)16-23(21)32-26;1-15(2)18-7-6-17(22(29)26-18)23(30)27-12-9-24(10-13-27)21-4-3-11-28(21)19-8-5-16(25)14-20(19)31-24/h1-8,11,14,18H,9-10,12-13,15-16H2;4-9,12,15-17H,10-11,13-14H2,1-3H3;3-8,11,14-15H,9-10,12-13H2,1-2H3,(H,26,29). The summed E-state index contributed by atoms with van der Waals surface area (Å²) in [4.78, 5) is 60.0. The van der Waals surface area contributed by atoms with E-state index < -0.39 is 40.6 Å². The molecule has 16 rings (SSSR count). The number of H-pyrrole nitrogens is 1. The zero-order chi connectivity index (χ0) is 68.4. The van der Waals surface area contributed by atoms with Gasteiger partial charge < -0.3 is 61.8 Å². The number of halogens is 5. The van der Waals surface area contributed by atoms with Crippen LogP contribution in [0, 0.1) is 12.7 Å². The lowest BCUT2D eigenvalue weighted by molar-refractivity contribution is -0.141. The average Bonchev–Trinajstić information content (AvgIpc) is 1.37. The molecule has 3 amide bonds. The lowest BCUT2D eigenvalue weighted by Crippen LogP contribution is -2.50. The van der Waals surface area contributed by atoms with Crippen LogP contribution in [0.1, 0.15) is 137 Å². The van der Waals surface area contributed by atoms with Crippen LogP contribution >= 0.6 is 11.6 Å². The molecule has 17 nitrogen and oxygen atoms in total. The topological polar surface area (TPSA) is 164 Å². The second-order valence-electron chi connectivity index (χ2n) is 26.6. The molecular weight excluding hydrogens is 1280 g/mol. The molecule has 1 N–H and O–H groups in total. The van der Waals surface area contributed by atoms with E-state index in [1.54, 1.807) is 21.9 Å². The van der Waals surface area contributed by atoms with Gasteiger partial charge in [0.2, 0.25) is 0 Å². The number of ether oxygens (including phenoxy) is 6. The van der Waals surface area contributed by atoms with Crippen LogP contribution in [-0.2, 0) is 27.7 Å². The fourth-order valence-electron chi connectivity index (χ4n) is 14.4. The highest BCUT2D eigenvalue weighted by Gasteiger charge is 2.48. The number of para-hydroxylation sites is 2. The van der Waals surface area contributed by atoms with Crippen LogP contribution in [0.15, 0.2) is 169 Å². The number of pyridine rings is 1. The Kier molecular flexibility index (Phi) is 17.3. The van der Waals surface area contributed by atoms with Gasteiger partial charge in [0, 0.05) is 130 Å². The van der Waals surface area contributed by atoms with Gasteiger partial charge in [-0.15, -0.1) is 0 Å². The minimum atomic E-state index is -4.64. The molecule has 11 heterocycles. The second kappa shape index (κ2) is 25.9. The number of carbonyl (C=O) groups is 3. The van der Waals surface area contributed by atoms with Crippen molar-refractivity contribution < 1.29 is 60.4 Å². The summed E-state index contributed by atoms with van der Waals surface area (Å²) in [5, 5.41) is 0.626. The molecule has 0 atom stereocenters. The van der Waals surface area contributed by atoms with E-state index in [2.05, 4.69) is 30.8 Å². The first-order valence-corrected chi connectivity index (χ1v) is 33.6. The number of amides is 3. The smallest absolute Gasteiger partial charge is 0.419 e. The third kappa shape index (κ3) is 12.4. The van der Waals surface area contributed by atoms with Crippen molar-refractivity contribution in [3.8, 4) is 45.8 Å². The Hall–Kier alpha value is -9.73. The van der Waals surface area contributed by atoms with Crippen molar-refractivity contribution in [2.75, 3.05) is 52.5 Å².